The number of carbonyl (C=O) groups excluding carboxylic acids is 1. The van der Waals surface area contributed by atoms with Crippen LogP contribution in [0.15, 0.2) is 17.8 Å². The molecule has 8 heteroatoms. The molecule has 0 aromatic carbocycles. The number of thiazole rings is 1. The van der Waals surface area contributed by atoms with Gasteiger partial charge in [-0.25, -0.2) is 19.7 Å². The van der Waals surface area contributed by atoms with Gasteiger partial charge >= 0.3 is 6.03 Å². The Labute approximate surface area is 133 Å². The van der Waals surface area contributed by atoms with Crippen LogP contribution in [0.1, 0.15) is 23.5 Å². The van der Waals surface area contributed by atoms with Crippen molar-refractivity contribution in [1.29, 1.82) is 0 Å². The SMILES string of the molecule is Cc1csc([C@H](C)CNC(=O)Nc2cnc(N(C)C)nc2)n1. The lowest BCUT2D eigenvalue weighted by Crippen LogP contribution is -2.31. The zero-order valence-corrected chi connectivity index (χ0v) is 13.9. The van der Waals surface area contributed by atoms with Gasteiger partial charge in [-0.05, 0) is 6.92 Å². The zero-order chi connectivity index (χ0) is 16.1. The Bertz CT molecular complexity index is 625. The third-order valence-corrected chi connectivity index (χ3v) is 4.12. The maximum Gasteiger partial charge on any atom is 0.319 e. The van der Waals surface area contributed by atoms with Crippen molar-refractivity contribution in [3.05, 3.63) is 28.5 Å². The van der Waals surface area contributed by atoms with Crippen molar-refractivity contribution in [2.75, 3.05) is 30.9 Å². The first-order valence-corrected chi connectivity index (χ1v) is 7.80. The molecule has 2 amide bonds. The van der Waals surface area contributed by atoms with E-state index in [1.54, 1.807) is 28.6 Å². The summed E-state index contributed by atoms with van der Waals surface area (Å²) >= 11 is 1.61. The van der Waals surface area contributed by atoms with E-state index in [-0.39, 0.29) is 11.9 Å². The maximum atomic E-state index is 11.9. The molecular formula is C14H20N6OS. The average molecular weight is 320 g/mol. The third kappa shape index (κ3) is 4.39. The Kier molecular flexibility index (Phi) is 5.26. The molecule has 1 atom stereocenters. The van der Waals surface area contributed by atoms with Crippen LogP contribution in [0, 0.1) is 6.92 Å². The Morgan fingerprint density at radius 1 is 1.36 bits per heavy atom. The summed E-state index contributed by atoms with van der Waals surface area (Å²) < 4.78 is 0. The van der Waals surface area contributed by atoms with Gasteiger partial charge in [0.15, 0.2) is 0 Å². The molecular weight excluding hydrogens is 300 g/mol. The maximum absolute atomic E-state index is 11.9. The third-order valence-electron chi connectivity index (χ3n) is 2.92. The number of amides is 2. The lowest BCUT2D eigenvalue weighted by Gasteiger charge is -2.12. The van der Waals surface area contributed by atoms with Crippen LogP contribution in [0.3, 0.4) is 0 Å². The summed E-state index contributed by atoms with van der Waals surface area (Å²) in [6, 6.07) is -0.277. The van der Waals surface area contributed by atoms with Crippen molar-refractivity contribution in [2.24, 2.45) is 0 Å². The molecule has 2 aromatic heterocycles. The molecule has 0 aliphatic heterocycles. The van der Waals surface area contributed by atoms with Crippen LogP contribution in [-0.4, -0.2) is 41.6 Å². The van der Waals surface area contributed by atoms with Crippen LogP contribution in [0.25, 0.3) is 0 Å². The number of anilines is 2. The Hall–Kier alpha value is -2.22. The molecule has 0 fully saturated rings. The molecule has 0 unspecified atom stereocenters. The Morgan fingerprint density at radius 3 is 2.59 bits per heavy atom. The van der Waals surface area contributed by atoms with E-state index in [0.717, 1.165) is 10.7 Å². The fourth-order valence-electron chi connectivity index (χ4n) is 1.72. The molecule has 2 N–H and O–H groups in total. The standard InChI is InChI=1S/C14H20N6OS/c1-9(12-18-10(2)8-22-12)5-17-14(21)19-11-6-15-13(16-7-11)20(3)4/h6-9H,5H2,1-4H3,(H2,17,19,21)/t9-/m1/s1. The van der Waals surface area contributed by atoms with E-state index < -0.39 is 0 Å². The molecule has 0 aliphatic carbocycles. The van der Waals surface area contributed by atoms with Gasteiger partial charge in [-0.3, -0.25) is 0 Å². The monoisotopic (exact) mass is 320 g/mol. The van der Waals surface area contributed by atoms with Crippen molar-refractivity contribution >= 4 is 29.0 Å². The summed E-state index contributed by atoms with van der Waals surface area (Å²) in [5, 5.41) is 8.57. The van der Waals surface area contributed by atoms with Gasteiger partial charge in [-0.1, -0.05) is 6.92 Å². The normalized spacial score (nSPS) is 11.8. The van der Waals surface area contributed by atoms with Crippen molar-refractivity contribution in [2.45, 2.75) is 19.8 Å². The molecule has 0 spiro atoms. The fourth-order valence-corrected chi connectivity index (χ4v) is 2.58. The van der Waals surface area contributed by atoms with E-state index >= 15 is 0 Å². The minimum absolute atomic E-state index is 0.178. The van der Waals surface area contributed by atoms with Gasteiger partial charge in [0.1, 0.15) is 0 Å². The Balaban J connectivity index is 1.82. The van der Waals surface area contributed by atoms with Crippen LogP contribution >= 0.6 is 11.3 Å². The molecule has 7 nitrogen and oxygen atoms in total. The number of urea groups is 1. The highest BCUT2D eigenvalue weighted by Gasteiger charge is 2.11. The van der Waals surface area contributed by atoms with Crippen LogP contribution in [0.5, 0.6) is 0 Å². The van der Waals surface area contributed by atoms with E-state index in [1.807, 2.05) is 33.3 Å². The smallest absolute Gasteiger partial charge is 0.319 e. The van der Waals surface area contributed by atoms with E-state index in [2.05, 4.69) is 25.6 Å². The topological polar surface area (TPSA) is 83.0 Å². The second kappa shape index (κ2) is 7.17. The predicted molar refractivity (Wildman–Crippen MR) is 88.6 cm³/mol. The van der Waals surface area contributed by atoms with Gasteiger partial charge in [-0.15, -0.1) is 11.3 Å². The second-order valence-electron chi connectivity index (χ2n) is 5.23. The molecule has 0 radical (unpaired) electrons. The first kappa shape index (κ1) is 16.2. The summed E-state index contributed by atoms with van der Waals surface area (Å²) in [5.41, 5.74) is 1.57. The lowest BCUT2D eigenvalue weighted by atomic mass is 10.2. The van der Waals surface area contributed by atoms with Crippen molar-refractivity contribution < 1.29 is 4.79 Å². The lowest BCUT2D eigenvalue weighted by molar-refractivity contribution is 0.251. The summed E-state index contributed by atoms with van der Waals surface area (Å²) in [6.07, 6.45) is 3.16. The number of hydrogen-bond donors (Lipinski definition) is 2. The van der Waals surface area contributed by atoms with Crippen LogP contribution in [-0.2, 0) is 0 Å². The molecule has 0 aliphatic rings. The van der Waals surface area contributed by atoms with E-state index in [9.17, 15) is 4.79 Å². The van der Waals surface area contributed by atoms with Gasteiger partial charge in [0.05, 0.1) is 23.1 Å². The number of rotatable bonds is 5. The minimum atomic E-state index is -0.277. The molecule has 0 saturated carbocycles. The summed E-state index contributed by atoms with van der Waals surface area (Å²) in [6.45, 7) is 4.52. The molecule has 2 rings (SSSR count). The van der Waals surface area contributed by atoms with E-state index in [4.69, 9.17) is 0 Å². The van der Waals surface area contributed by atoms with Gasteiger partial charge in [0.2, 0.25) is 5.95 Å². The van der Waals surface area contributed by atoms with Gasteiger partial charge in [-0.2, -0.15) is 0 Å². The largest absolute Gasteiger partial charge is 0.347 e. The first-order chi connectivity index (χ1) is 10.5. The molecule has 2 heterocycles. The minimum Gasteiger partial charge on any atom is -0.347 e. The quantitative estimate of drug-likeness (QED) is 0.883. The molecule has 22 heavy (non-hydrogen) atoms. The van der Waals surface area contributed by atoms with E-state index in [0.29, 0.717) is 18.2 Å². The van der Waals surface area contributed by atoms with Gasteiger partial charge in [0.25, 0.3) is 0 Å². The summed E-state index contributed by atoms with van der Waals surface area (Å²) in [5.74, 6) is 0.774. The Morgan fingerprint density at radius 2 is 2.05 bits per heavy atom. The number of aromatic nitrogens is 3. The summed E-state index contributed by atoms with van der Waals surface area (Å²) in [7, 11) is 3.72. The van der Waals surface area contributed by atoms with Gasteiger partial charge < -0.3 is 15.5 Å². The molecule has 0 bridgehead atoms. The summed E-state index contributed by atoms with van der Waals surface area (Å²) in [4.78, 5) is 26.4. The average Bonchev–Trinajstić information content (AvgIpc) is 2.92. The number of hydrogen-bond acceptors (Lipinski definition) is 6. The number of nitrogens with zero attached hydrogens (tertiary/aromatic N) is 4. The highest BCUT2D eigenvalue weighted by atomic mass is 32.1. The fraction of sp³-hybridized carbons (Fsp3) is 0.429. The number of carbonyl (C=O) groups is 1. The van der Waals surface area contributed by atoms with Crippen LogP contribution in [0.2, 0.25) is 0 Å². The van der Waals surface area contributed by atoms with Crippen LogP contribution in [0.4, 0.5) is 16.4 Å². The van der Waals surface area contributed by atoms with Crippen molar-refractivity contribution in [3.8, 4) is 0 Å². The van der Waals surface area contributed by atoms with Crippen LogP contribution < -0.4 is 15.5 Å². The van der Waals surface area contributed by atoms with Crippen molar-refractivity contribution in [3.63, 3.8) is 0 Å². The van der Waals surface area contributed by atoms with E-state index in [1.165, 1.54) is 0 Å². The van der Waals surface area contributed by atoms with Gasteiger partial charge in [0, 0.05) is 37.6 Å². The van der Waals surface area contributed by atoms with Crippen molar-refractivity contribution in [1.82, 2.24) is 20.3 Å². The predicted octanol–water partition coefficient (Wildman–Crippen LogP) is 2.23. The number of nitrogens with one attached hydrogen (secondary N) is 2. The number of aryl methyl sites for hydroxylation is 1. The molecule has 0 saturated heterocycles. The first-order valence-electron chi connectivity index (χ1n) is 6.92. The highest BCUT2D eigenvalue weighted by molar-refractivity contribution is 7.09. The molecule has 118 valence electrons. The highest BCUT2D eigenvalue weighted by Crippen LogP contribution is 2.18. The second-order valence-corrected chi connectivity index (χ2v) is 6.12. The zero-order valence-electron chi connectivity index (χ0n) is 13.1. The molecule has 2 aromatic rings.